The summed E-state index contributed by atoms with van der Waals surface area (Å²) in [5.41, 5.74) is 1.24. The van der Waals surface area contributed by atoms with Gasteiger partial charge in [0, 0.05) is 23.1 Å². The van der Waals surface area contributed by atoms with Gasteiger partial charge in [0.05, 0.1) is 6.61 Å². The molecule has 2 unspecified atom stereocenters. The van der Waals surface area contributed by atoms with Crippen molar-refractivity contribution in [3.63, 3.8) is 0 Å². The number of nitrogens with zero attached hydrogens (tertiary/aromatic N) is 1. The van der Waals surface area contributed by atoms with E-state index in [1.165, 1.54) is 5.56 Å². The Bertz CT molecular complexity index is 337. The van der Waals surface area contributed by atoms with Gasteiger partial charge in [-0.3, -0.25) is 4.90 Å². The molecule has 0 amide bonds. The lowest BCUT2D eigenvalue weighted by atomic mass is 10.1. The number of rotatable bonds is 1. The summed E-state index contributed by atoms with van der Waals surface area (Å²) in [7, 11) is 0. The van der Waals surface area contributed by atoms with Gasteiger partial charge in [-0.25, -0.2) is 0 Å². The van der Waals surface area contributed by atoms with Crippen LogP contribution >= 0.6 is 15.9 Å². The minimum Gasteiger partial charge on any atom is -0.353 e. The van der Waals surface area contributed by atoms with Crippen molar-refractivity contribution in [2.75, 3.05) is 19.7 Å². The molecular formula is C10H10BrNO. The van der Waals surface area contributed by atoms with Crippen LogP contribution in [0.4, 0.5) is 0 Å². The van der Waals surface area contributed by atoms with E-state index in [-0.39, 0.29) is 5.72 Å². The predicted octanol–water partition coefficient (Wildman–Crippen LogP) is 1.95. The minimum absolute atomic E-state index is 0.0410. The van der Waals surface area contributed by atoms with Crippen LogP contribution in [0.3, 0.4) is 0 Å². The smallest absolute Gasteiger partial charge is 0.160 e. The van der Waals surface area contributed by atoms with Crippen molar-refractivity contribution in [1.82, 2.24) is 4.90 Å². The Kier molecular flexibility index (Phi) is 1.57. The monoisotopic (exact) mass is 239 g/mol. The molecule has 3 heteroatoms. The maximum Gasteiger partial charge on any atom is 0.160 e. The highest BCUT2D eigenvalue weighted by Crippen LogP contribution is 2.47. The fraction of sp³-hybridized carbons (Fsp3) is 0.400. The summed E-state index contributed by atoms with van der Waals surface area (Å²) in [6.07, 6.45) is 0. The molecular weight excluding hydrogens is 230 g/mol. The molecule has 2 heterocycles. The molecule has 0 N–H and O–H groups in total. The van der Waals surface area contributed by atoms with Crippen LogP contribution in [0.2, 0.25) is 0 Å². The zero-order valence-electron chi connectivity index (χ0n) is 7.16. The minimum atomic E-state index is -0.0410. The summed E-state index contributed by atoms with van der Waals surface area (Å²) in [6.45, 7) is 3.01. The summed E-state index contributed by atoms with van der Waals surface area (Å²) in [6, 6.07) is 8.41. The fourth-order valence-electron chi connectivity index (χ4n) is 2.01. The summed E-state index contributed by atoms with van der Waals surface area (Å²) in [4.78, 5) is 2.36. The first kappa shape index (κ1) is 7.97. The highest BCUT2D eigenvalue weighted by Gasteiger charge is 2.58. The molecule has 2 aliphatic rings. The summed E-state index contributed by atoms with van der Waals surface area (Å²) in [5.74, 6) is 0. The fourth-order valence-corrected chi connectivity index (χ4v) is 2.28. The lowest BCUT2D eigenvalue weighted by molar-refractivity contribution is 0.0588. The molecule has 2 atom stereocenters. The first-order chi connectivity index (χ1) is 6.31. The highest BCUT2D eigenvalue weighted by molar-refractivity contribution is 9.10. The Morgan fingerprint density at radius 1 is 1.31 bits per heavy atom. The van der Waals surface area contributed by atoms with Crippen molar-refractivity contribution in [2.45, 2.75) is 5.72 Å². The van der Waals surface area contributed by atoms with E-state index in [9.17, 15) is 0 Å². The average molecular weight is 240 g/mol. The average Bonchev–Trinajstić information content (AvgIpc) is 2.71. The van der Waals surface area contributed by atoms with Gasteiger partial charge < -0.3 is 4.74 Å². The van der Waals surface area contributed by atoms with E-state index < -0.39 is 0 Å². The molecule has 2 saturated heterocycles. The summed E-state index contributed by atoms with van der Waals surface area (Å²) >= 11 is 3.43. The van der Waals surface area contributed by atoms with Crippen LogP contribution in [0.25, 0.3) is 0 Å². The maximum atomic E-state index is 5.75. The van der Waals surface area contributed by atoms with Crippen molar-refractivity contribution in [3.8, 4) is 0 Å². The molecule has 2 nitrogen and oxygen atoms in total. The van der Waals surface area contributed by atoms with Gasteiger partial charge in [0.2, 0.25) is 0 Å². The van der Waals surface area contributed by atoms with E-state index in [4.69, 9.17) is 4.74 Å². The molecule has 0 aliphatic carbocycles. The molecule has 0 spiro atoms. The van der Waals surface area contributed by atoms with Crippen LogP contribution in [0, 0.1) is 0 Å². The highest BCUT2D eigenvalue weighted by atomic mass is 79.9. The first-order valence-electron chi connectivity index (χ1n) is 4.46. The Labute approximate surface area is 85.6 Å². The van der Waals surface area contributed by atoms with E-state index in [0.29, 0.717) is 0 Å². The number of fused-ring (bicyclic) bond motifs is 1. The Morgan fingerprint density at radius 3 is 2.62 bits per heavy atom. The molecule has 0 bridgehead atoms. The van der Waals surface area contributed by atoms with E-state index in [1.807, 2.05) is 0 Å². The lowest BCUT2D eigenvalue weighted by Crippen LogP contribution is -2.11. The molecule has 0 aromatic heterocycles. The molecule has 0 saturated carbocycles. The topological polar surface area (TPSA) is 12.2 Å². The van der Waals surface area contributed by atoms with Crippen molar-refractivity contribution < 1.29 is 4.74 Å². The number of hydrogen-bond acceptors (Lipinski definition) is 2. The molecule has 1 aromatic rings. The van der Waals surface area contributed by atoms with Crippen LogP contribution < -0.4 is 0 Å². The molecule has 0 radical (unpaired) electrons. The predicted molar refractivity (Wildman–Crippen MR) is 53.3 cm³/mol. The van der Waals surface area contributed by atoms with Gasteiger partial charge in [0.25, 0.3) is 0 Å². The normalized spacial score (nSPS) is 35.9. The van der Waals surface area contributed by atoms with Crippen molar-refractivity contribution >= 4 is 15.9 Å². The maximum absolute atomic E-state index is 5.75. The van der Waals surface area contributed by atoms with Gasteiger partial charge in [-0.1, -0.05) is 28.1 Å². The Balaban J connectivity index is 1.97. The van der Waals surface area contributed by atoms with Gasteiger partial charge >= 0.3 is 0 Å². The molecule has 2 fully saturated rings. The third kappa shape index (κ3) is 1.08. The third-order valence-corrected chi connectivity index (χ3v) is 3.34. The van der Waals surface area contributed by atoms with Crippen molar-refractivity contribution in [2.24, 2.45) is 0 Å². The summed E-state index contributed by atoms with van der Waals surface area (Å²) in [5, 5.41) is 0. The lowest BCUT2D eigenvalue weighted by Gasteiger charge is -2.10. The van der Waals surface area contributed by atoms with Gasteiger partial charge in [-0.15, -0.1) is 0 Å². The molecule has 68 valence electrons. The Hall–Kier alpha value is -0.380. The third-order valence-electron chi connectivity index (χ3n) is 2.81. The molecule has 3 rings (SSSR count). The number of ether oxygens (including phenoxy) is 1. The van der Waals surface area contributed by atoms with Crippen molar-refractivity contribution in [1.29, 1.82) is 0 Å². The van der Waals surface area contributed by atoms with Crippen LogP contribution in [-0.2, 0) is 10.5 Å². The van der Waals surface area contributed by atoms with E-state index in [2.05, 4.69) is 45.1 Å². The molecule has 13 heavy (non-hydrogen) atoms. The molecule has 1 aromatic carbocycles. The van der Waals surface area contributed by atoms with Crippen molar-refractivity contribution in [3.05, 3.63) is 34.3 Å². The van der Waals surface area contributed by atoms with E-state index >= 15 is 0 Å². The number of benzene rings is 1. The largest absolute Gasteiger partial charge is 0.353 e. The standard InChI is InChI=1S/C10H10BrNO/c11-9-3-1-8(2-4-9)10-7-12(10)5-6-13-10/h1-4H,5-7H2. The SMILES string of the molecule is Brc1ccc(C23CN2CCO3)cc1. The molecule has 2 aliphatic heterocycles. The second kappa shape index (κ2) is 2.56. The van der Waals surface area contributed by atoms with Gasteiger partial charge in [0.15, 0.2) is 5.72 Å². The van der Waals surface area contributed by atoms with Crippen LogP contribution in [0.1, 0.15) is 5.56 Å². The van der Waals surface area contributed by atoms with Crippen LogP contribution in [-0.4, -0.2) is 24.6 Å². The number of halogens is 1. The van der Waals surface area contributed by atoms with E-state index in [0.717, 1.165) is 24.2 Å². The zero-order chi connectivity index (χ0) is 8.89. The second-order valence-corrected chi connectivity index (χ2v) is 4.48. The van der Waals surface area contributed by atoms with Crippen LogP contribution in [0.15, 0.2) is 28.7 Å². The quantitative estimate of drug-likeness (QED) is 0.695. The zero-order valence-corrected chi connectivity index (χ0v) is 8.75. The van der Waals surface area contributed by atoms with Gasteiger partial charge in [0.1, 0.15) is 0 Å². The summed E-state index contributed by atoms with van der Waals surface area (Å²) < 4.78 is 6.87. The first-order valence-corrected chi connectivity index (χ1v) is 5.26. The number of hydrogen-bond donors (Lipinski definition) is 0. The van der Waals surface area contributed by atoms with Gasteiger partial charge in [-0.2, -0.15) is 0 Å². The van der Waals surface area contributed by atoms with Crippen LogP contribution in [0.5, 0.6) is 0 Å². The van der Waals surface area contributed by atoms with E-state index in [1.54, 1.807) is 0 Å². The Morgan fingerprint density at radius 2 is 2.08 bits per heavy atom. The second-order valence-electron chi connectivity index (χ2n) is 3.56. The number of morpholine rings is 1. The van der Waals surface area contributed by atoms with Gasteiger partial charge in [-0.05, 0) is 12.1 Å².